The molecule has 154 valence electrons. The Balaban J connectivity index is 1.47. The smallest absolute Gasteiger partial charge is 0.263 e. The van der Waals surface area contributed by atoms with Gasteiger partial charge in [-0.15, -0.1) is 16.8 Å². The predicted molar refractivity (Wildman–Crippen MR) is 122 cm³/mol. The van der Waals surface area contributed by atoms with E-state index in [1.807, 2.05) is 30.3 Å². The van der Waals surface area contributed by atoms with Gasteiger partial charge >= 0.3 is 0 Å². The van der Waals surface area contributed by atoms with E-state index in [-0.39, 0.29) is 17.2 Å². The Labute approximate surface area is 183 Å². The summed E-state index contributed by atoms with van der Waals surface area (Å²) < 4.78 is 11.7. The van der Waals surface area contributed by atoms with E-state index in [4.69, 9.17) is 0 Å². The van der Waals surface area contributed by atoms with Crippen molar-refractivity contribution < 1.29 is 4.79 Å². The molecule has 0 aliphatic heterocycles. The standard InChI is InChI=1S/C20H15N7O2S2/c1-2-10-26-18(29)12-6-3-4-9-15(12)27-19(26)22-23-20(27)30-11-16(28)21-13-7-5-8-14-17(13)25-31-24-14/h2-9H,1,10-11H2,(H,21,28). The SMILES string of the molecule is C=CCn1c(=O)c2ccccc2n2c(SCC(=O)Nc3cccc4nsnc34)nnc12. The maximum absolute atomic E-state index is 12.8. The number of rotatable bonds is 6. The third kappa shape index (κ3) is 3.37. The molecule has 3 heterocycles. The summed E-state index contributed by atoms with van der Waals surface area (Å²) in [5, 5.41) is 12.4. The predicted octanol–water partition coefficient (Wildman–Crippen LogP) is 2.97. The normalized spacial score (nSPS) is 11.4. The first-order chi connectivity index (χ1) is 15.2. The molecule has 5 aromatic rings. The van der Waals surface area contributed by atoms with Crippen molar-refractivity contribution in [1.29, 1.82) is 0 Å². The minimum Gasteiger partial charge on any atom is -0.323 e. The highest BCUT2D eigenvalue weighted by atomic mass is 32.2. The number of nitrogens with one attached hydrogen (secondary N) is 1. The maximum atomic E-state index is 12.8. The average Bonchev–Trinajstić information content (AvgIpc) is 3.43. The number of hydrogen-bond donors (Lipinski definition) is 1. The van der Waals surface area contributed by atoms with Crippen molar-refractivity contribution in [2.75, 3.05) is 11.1 Å². The maximum Gasteiger partial charge on any atom is 0.263 e. The van der Waals surface area contributed by atoms with Crippen molar-refractivity contribution in [3.05, 3.63) is 65.5 Å². The van der Waals surface area contributed by atoms with Crippen molar-refractivity contribution in [2.45, 2.75) is 11.7 Å². The molecule has 0 aliphatic carbocycles. The van der Waals surface area contributed by atoms with Gasteiger partial charge in [0.25, 0.3) is 5.56 Å². The fraction of sp³-hybridized carbons (Fsp3) is 0.100. The van der Waals surface area contributed by atoms with Gasteiger partial charge in [-0.3, -0.25) is 18.6 Å². The van der Waals surface area contributed by atoms with Crippen LogP contribution in [0.2, 0.25) is 0 Å². The zero-order chi connectivity index (χ0) is 21.4. The number of fused-ring (bicyclic) bond motifs is 4. The molecule has 0 unspecified atom stereocenters. The number of para-hydroxylation sites is 1. The summed E-state index contributed by atoms with van der Waals surface area (Å²) in [4.78, 5) is 25.4. The van der Waals surface area contributed by atoms with Gasteiger partial charge in [-0.25, -0.2) is 0 Å². The number of carbonyl (C=O) groups excluding carboxylic acids is 1. The van der Waals surface area contributed by atoms with Gasteiger partial charge in [0.15, 0.2) is 5.16 Å². The van der Waals surface area contributed by atoms with Gasteiger partial charge in [0.05, 0.1) is 34.1 Å². The number of amides is 1. The molecule has 3 aromatic heterocycles. The Morgan fingerprint density at radius 1 is 1.16 bits per heavy atom. The Morgan fingerprint density at radius 2 is 2.03 bits per heavy atom. The molecule has 9 nitrogen and oxygen atoms in total. The summed E-state index contributed by atoms with van der Waals surface area (Å²) >= 11 is 2.34. The number of allylic oxidation sites excluding steroid dienone is 1. The molecule has 0 radical (unpaired) electrons. The highest BCUT2D eigenvalue weighted by Crippen LogP contribution is 2.24. The Morgan fingerprint density at radius 3 is 2.90 bits per heavy atom. The minimum absolute atomic E-state index is 0.115. The van der Waals surface area contributed by atoms with Gasteiger partial charge in [-0.2, -0.15) is 8.75 Å². The number of hydrogen-bond acceptors (Lipinski definition) is 8. The molecule has 2 aromatic carbocycles. The average molecular weight is 450 g/mol. The second kappa shape index (κ2) is 7.93. The number of anilines is 1. The van der Waals surface area contributed by atoms with Crippen LogP contribution >= 0.6 is 23.5 Å². The van der Waals surface area contributed by atoms with E-state index in [1.54, 1.807) is 22.6 Å². The number of nitrogens with zero attached hydrogens (tertiary/aromatic N) is 6. The molecule has 0 bridgehead atoms. The molecular weight excluding hydrogens is 434 g/mol. The highest BCUT2D eigenvalue weighted by Gasteiger charge is 2.17. The zero-order valence-corrected chi connectivity index (χ0v) is 17.7. The van der Waals surface area contributed by atoms with Crippen LogP contribution in [0.25, 0.3) is 27.7 Å². The first-order valence-corrected chi connectivity index (χ1v) is 11.0. The van der Waals surface area contributed by atoms with Crippen LogP contribution in [0.4, 0.5) is 5.69 Å². The lowest BCUT2D eigenvalue weighted by atomic mass is 10.2. The van der Waals surface area contributed by atoms with Gasteiger partial charge in [0.2, 0.25) is 11.7 Å². The highest BCUT2D eigenvalue weighted by molar-refractivity contribution is 7.99. The van der Waals surface area contributed by atoms with Crippen LogP contribution in [0.3, 0.4) is 0 Å². The molecular formula is C20H15N7O2S2. The molecule has 0 aliphatic rings. The van der Waals surface area contributed by atoms with E-state index in [0.717, 1.165) is 17.2 Å². The molecule has 0 atom stereocenters. The third-order valence-corrected chi connectivity index (χ3v) is 6.15. The lowest BCUT2D eigenvalue weighted by molar-refractivity contribution is -0.113. The molecule has 11 heteroatoms. The van der Waals surface area contributed by atoms with E-state index < -0.39 is 0 Å². The molecule has 1 amide bonds. The number of aromatic nitrogens is 6. The molecule has 31 heavy (non-hydrogen) atoms. The van der Waals surface area contributed by atoms with Crippen molar-refractivity contribution in [2.24, 2.45) is 0 Å². The Kier molecular flexibility index (Phi) is 4.96. The summed E-state index contributed by atoms with van der Waals surface area (Å²) in [7, 11) is 0. The molecule has 0 spiro atoms. The summed E-state index contributed by atoms with van der Waals surface area (Å²) in [6.45, 7) is 4.03. The second-order valence-electron chi connectivity index (χ2n) is 6.61. The van der Waals surface area contributed by atoms with Crippen molar-refractivity contribution in [3.63, 3.8) is 0 Å². The van der Waals surface area contributed by atoms with Crippen molar-refractivity contribution in [3.8, 4) is 0 Å². The minimum atomic E-state index is -0.203. The van der Waals surface area contributed by atoms with Gasteiger partial charge in [-0.05, 0) is 24.3 Å². The van der Waals surface area contributed by atoms with Gasteiger partial charge in [0.1, 0.15) is 11.0 Å². The first kappa shape index (κ1) is 19.4. The van der Waals surface area contributed by atoms with Crippen LogP contribution in [0, 0.1) is 0 Å². The quantitative estimate of drug-likeness (QED) is 0.314. The van der Waals surface area contributed by atoms with E-state index in [9.17, 15) is 9.59 Å². The summed E-state index contributed by atoms with van der Waals surface area (Å²) in [5.74, 6) is 0.319. The zero-order valence-electron chi connectivity index (χ0n) is 16.1. The fourth-order valence-corrected chi connectivity index (χ4v) is 4.63. The Bertz CT molecular complexity index is 1520. The first-order valence-electron chi connectivity index (χ1n) is 9.29. The van der Waals surface area contributed by atoms with E-state index in [2.05, 4.69) is 30.8 Å². The van der Waals surface area contributed by atoms with Crippen molar-refractivity contribution >= 4 is 62.8 Å². The van der Waals surface area contributed by atoms with Crippen LogP contribution in [-0.2, 0) is 11.3 Å². The lowest BCUT2D eigenvalue weighted by Gasteiger charge is -2.09. The topological polar surface area (TPSA) is 107 Å². The van der Waals surface area contributed by atoms with Gasteiger partial charge in [-0.1, -0.05) is 36.0 Å². The van der Waals surface area contributed by atoms with E-state index in [0.29, 0.717) is 39.6 Å². The third-order valence-electron chi connectivity index (χ3n) is 4.68. The van der Waals surface area contributed by atoms with E-state index in [1.165, 1.54) is 16.3 Å². The summed E-state index contributed by atoms with van der Waals surface area (Å²) in [6, 6.07) is 12.7. The van der Waals surface area contributed by atoms with Crippen LogP contribution in [0.15, 0.2) is 65.1 Å². The van der Waals surface area contributed by atoms with Crippen LogP contribution < -0.4 is 10.9 Å². The second-order valence-corrected chi connectivity index (χ2v) is 8.08. The number of carbonyl (C=O) groups is 1. The lowest BCUT2D eigenvalue weighted by Crippen LogP contribution is -2.22. The molecule has 0 fully saturated rings. The number of thioether (sulfide) groups is 1. The largest absolute Gasteiger partial charge is 0.323 e. The van der Waals surface area contributed by atoms with Gasteiger partial charge < -0.3 is 5.32 Å². The summed E-state index contributed by atoms with van der Waals surface area (Å²) in [6.07, 6.45) is 1.64. The molecule has 0 saturated heterocycles. The molecule has 0 saturated carbocycles. The Hall–Kier alpha value is -3.57. The fourth-order valence-electron chi connectivity index (χ4n) is 3.34. The van der Waals surface area contributed by atoms with E-state index >= 15 is 0 Å². The monoisotopic (exact) mass is 449 g/mol. The number of benzene rings is 2. The van der Waals surface area contributed by atoms with Crippen LogP contribution in [-0.4, -0.2) is 39.6 Å². The molecule has 1 N–H and O–H groups in total. The van der Waals surface area contributed by atoms with Crippen LogP contribution in [0.5, 0.6) is 0 Å². The summed E-state index contributed by atoms with van der Waals surface area (Å²) in [5.41, 5.74) is 2.56. The van der Waals surface area contributed by atoms with Crippen molar-refractivity contribution in [1.82, 2.24) is 27.9 Å². The van der Waals surface area contributed by atoms with Gasteiger partial charge in [0, 0.05) is 6.54 Å². The van der Waals surface area contributed by atoms with Crippen LogP contribution in [0.1, 0.15) is 0 Å². The molecule has 5 rings (SSSR count).